The maximum Gasteiger partial charge on any atom is 0.224 e. The van der Waals surface area contributed by atoms with Gasteiger partial charge in [0.15, 0.2) is 21.5 Å². The van der Waals surface area contributed by atoms with Gasteiger partial charge < -0.3 is 10.6 Å². The first-order valence-electron chi connectivity index (χ1n) is 6.37. The molecule has 0 aliphatic rings. The van der Waals surface area contributed by atoms with Crippen LogP contribution in [0.25, 0.3) is 0 Å². The number of hydrogen-bond acceptors (Lipinski definition) is 6. The van der Waals surface area contributed by atoms with E-state index < -0.39 is 20.4 Å². The third-order valence-electron chi connectivity index (χ3n) is 2.96. The lowest BCUT2D eigenvalue weighted by Crippen LogP contribution is -2.38. The highest BCUT2D eigenvalue weighted by Crippen LogP contribution is 2.18. The van der Waals surface area contributed by atoms with E-state index in [-0.39, 0.29) is 12.4 Å². The van der Waals surface area contributed by atoms with Gasteiger partial charge >= 0.3 is 0 Å². The van der Waals surface area contributed by atoms with Crippen molar-refractivity contribution < 1.29 is 12.8 Å². The third kappa shape index (κ3) is 4.29. The first-order chi connectivity index (χ1) is 9.17. The molecule has 0 atom stereocenters. The fourth-order valence-corrected chi connectivity index (χ4v) is 1.58. The summed E-state index contributed by atoms with van der Waals surface area (Å²) in [7, 11) is -3.25. The minimum atomic E-state index is -3.25. The van der Waals surface area contributed by atoms with Gasteiger partial charge in [0.05, 0.1) is 10.9 Å². The number of aromatic nitrogens is 2. The zero-order valence-electron chi connectivity index (χ0n) is 12.2. The SMILES string of the molecule is CCCNc1ncc(F)c(NCC(C)(C)S(C)(=O)=O)n1. The number of hydrogen-bond donors (Lipinski definition) is 2. The molecule has 0 saturated heterocycles. The second-order valence-electron chi connectivity index (χ2n) is 5.20. The van der Waals surface area contributed by atoms with Gasteiger partial charge in [-0.15, -0.1) is 0 Å². The molecule has 0 aliphatic carbocycles. The summed E-state index contributed by atoms with van der Waals surface area (Å²) in [4.78, 5) is 7.81. The van der Waals surface area contributed by atoms with Gasteiger partial charge in [-0.1, -0.05) is 6.92 Å². The fourth-order valence-electron chi connectivity index (χ4n) is 1.24. The second kappa shape index (κ2) is 6.34. The summed E-state index contributed by atoms with van der Waals surface area (Å²) in [6.07, 6.45) is 3.10. The second-order valence-corrected chi connectivity index (χ2v) is 7.85. The molecule has 0 saturated carbocycles. The van der Waals surface area contributed by atoms with Crippen molar-refractivity contribution in [2.75, 3.05) is 30.0 Å². The Morgan fingerprint density at radius 2 is 2.00 bits per heavy atom. The van der Waals surface area contributed by atoms with Crippen molar-refractivity contribution in [3.05, 3.63) is 12.0 Å². The van der Waals surface area contributed by atoms with Crippen molar-refractivity contribution in [1.29, 1.82) is 0 Å². The Labute approximate surface area is 119 Å². The lowest BCUT2D eigenvalue weighted by Gasteiger charge is -2.23. The summed E-state index contributed by atoms with van der Waals surface area (Å²) in [6, 6.07) is 0. The molecule has 20 heavy (non-hydrogen) atoms. The van der Waals surface area contributed by atoms with Crippen molar-refractivity contribution in [3.63, 3.8) is 0 Å². The normalized spacial score (nSPS) is 12.2. The summed E-state index contributed by atoms with van der Waals surface area (Å²) < 4.78 is 35.8. The standard InChI is InChI=1S/C12H21FN4O2S/c1-5-6-14-11-15-7-9(13)10(17-11)16-8-12(2,3)20(4,18)19/h7H,5-6,8H2,1-4H3,(H2,14,15,16,17). The Balaban J connectivity index is 2.82. The number of anilines is 2. The van der Waals surface area contributed by atoms with Crippen LogP contribution in [0, 0.1) is 5.82 Å². The molecule has 8 heteroatoms. The highest BCUT2D eigenvalue weighted by molar-refractivity contribution is 7.92. The van der Waals surface area contributed by atoms with Crippen LogP contribution in [0.15, 0.2) is 6.20 Å². The molecule has 1 rings (SSSR count). The first kappa shape index (κ1) is 16.6. The lowest BCUT2D eigenvalue weighted by atomic mass is 10.2. The molecule has 0 spiro atoms. The molecule has 0 aliphatic heterocycles. The Kier molecular flexibility index (Phi) is 5.27. The van der Waals surface area contributed by atoms with Crippen LogP contribution in [-0.2, 0) is 9.84 Å². The Morgan fingerprint density at radius 3 is 2.55 bits per heavy atom. The van der Waals surface area contributed by atoms with Crippen LogP contribution in [0.1, 0.15) is 27.2 Å². The van der Waals surface area contributed by atoms with Crippen molar-refractivity contribution in [2.24, 2.45) is 0 Å². The van der Waals surface area contributed by atoms with Gasteiger partial charge in [-0.3, -0.25) is 0 Å². The van der Waals surface area contributed by atoms with Gasteiger partial charge in [-0.05, 0) is 20.3 Å². The van der Waals surface area contributed by atoms with E-state index in [4.69, 9.17) is 0 Å². The van der Waals surface area contributed by atoms with E-state index >= 15 is 0 Å². The molecule has 114 valence electrons. The Bertz CT molecular complexity index is 561. The first-order valence-corrected chi connectivity index (χ1v) is 8.26. The van der Waals surface area contributed by atoms with E-state index in [1.165, 1.54) is 0 Å². The van der Waals surface area contributed by atoms with E-state index in [0.29, 0.717) is 12.5 Å². The molecule has 1 aromatic heterocycles. The summed E-state index contributed by atoms with van der Waals surface area (Å²) in [5, 5.41) is 5.67. The minimum Gasteiger partial charge on any atom is -0.366 e. The molecule has 0 unspecified atom stereocenters. The van der Waals surface area contributed by atoms with Crippen molar-refractivity contribution >= 4 is 21.6 Å². The van der Waals surface area contributed by atoms with Crippen molar-refractivity contribution in [1.82, 2.24) is 9.97 Å². The average Bonchev–Trinajstić information content (AvgIpc) is 2.35. The minimum absolute atomic E-state index is 0.00433. The van der Waals surface area contributed by atoms with E-state index in [1.807, 2.05) is 6.92 Å². The zero-order valence-corrected chi connectivity index (χ0v) is 13.0. The summed E-state index contributed by atoms with van der Waals surface area (Å²) in [5.74, 6) is -0.306. The molecule has 0 bridgehead atoms. The quantitative estimate of drug-likeness (QED) is 0.797. The summed E-state index contributed by atoms with van der Waals surface area (Å²) in [5.41, 5.74) is 0. The van der Waals surface area contributed by atoms with Crippen LogP contribution in [0.5, 0.6) is 0 Å². The van der Waals surface area contributed by atoms with Crippen LogP contribution >= 0.6 is 0 Å². The molecule has 0 radical (unpaired) electrons. The van der Waals surface area contributed by atoms with Gasteiger partial charge in [0.25, 0.3) is 0 Å². The maximum absolute atomic E-state index is 13.6. The molecule has 2 N–H and O–H groups in total. The van der Waals surface area contributed by atoms with Crippen LogP contribution in [0.2, 0.25) is 0 Å². The molecule has 1 heterocycles. The monoisotopic (exact) mass is 304 g/mol. The molecule has 0 amide bonds. The molecule has 6 nitrogen and oxygen atoms in total. The number of rotatable bonds is 7. The Morgan fingerprint density at radius 1 is 1.35 bits per heavy atom. The lowest BCUT2D eigenvalue weighted by molar-refractivity contribution is 0.557. The summed E-state index contributed by atoms with van der Waals surface area (Å²) in [6.45, 7) is 5.88. The number of halogens is 1. The van der Waals surface area contributed by atoms with Crippen LogP contribution < -0.4 is 10.6 Å². The smallest absolute Gasteiger partial charge is 0.224 e. The van der Waals surface area contributed by atoms with Gasteiger partial charge in [-0.2, -0.15) is 4.98 Å². The topological polar surface area (TPSA) is 84.0 Å². The van der Waals surface area contributed by atoms with E-state index in [9.17, 15) is 12.8 Å². The van der Waals surface area contributed by atoms with E-state index in [0.717, 1.165) is 18.9 Å². The summed E-state index contributed by atoms with van der Waals surface area (Å²) >= 11 is 0. The van der Waals surface area contributed by atoms with Gasteiger partial charge in [0.1, 0.15) is 0 Å². The van der Waals surface area contributed by atoms with Gasteiger partial charge in [0, 0.05) is 19.3 Å². The van der Waals surface area contributed by atoms with Crippen molar-refractivity contribution in [2.45, 2.75) is 31.9 Å². The largest absolute Gasteiger partial charge is 0.366 e. The highest BCUT2D eigenvalue weighted by Gasteiger charge is 2.30. The molecule has 1 aromatic rings. The average molecular weight is 304 g/mol. The zero-order chi connectivity index (χ0) is 15.4. The molecule has 0 aromatic carbocycles. The van der Waals surface area contributed by atoms with Crippen LogP contribution in [-0.4, -0.2) is 42.5 Å². The highest BCUT2D eigenvalue weighted by atomic mass is 32.2. The predicted molar refractivity (Wildman–Crippen MR) is 78.2 cm³/mol. The van der Waals surface area contributed by atoms with Crippen molar-refractivity contribution in [3.8, 4) is 0 Å². The number of sulfone groups is 1. The van der Waals surface area contributed by atoms with Gasteiger partial charge in [-0.25, -0.2) is 17.8 Å². The van der Waals surface area contributed by atoms with E-state index in [1.54, 1.807) is 13.8 Å². The third-order valence-corrected chi connectivity index (χ3v) is 5.11. The van der Waals surface area contributed by atoms with E-state index in [2.05, 4.69) is 20.6 Å². The van der Waals surface area contributed by atoms with Crippen LogP contribution in [0.3, 0.4) is 0 Å². The Hall–Kier alpha value is -1.44. The van der Waals surface area contributed by atoms with Crippen LogP contribution in [0.4, 0.5) is 16.2 Å². The number of nitrogens with zero attached hydrogens (tertiary/aromatic N) is 2. The molecular formula is C12H21FN4O2S. The number of nitrogens with one attached hydrogen (secondary N) is 2. The molecular weight excluding hydrogens is 283 g/mol. The van der Waals surface area contributed by atoms with Gasteiger partial charge in [0.2, 0.25) is 5.95 Å². The predicted octanol–water partition coefficient (Wildman–Crippen LogP) is 1.67. The molecule has 0 fully saturated rings. The maximum atomic E-state index is 13.6. The fraction of sp³-hybridized carbons (Fsp3) is 0.667.